The van der Waals surface area contributed by atoms with Gasteiger partial charge in [0.15, 0.2) is 0 Å². The van der Waals surface area contributed by atoms with Gasteiger partial charge >= 0.3 is 0 Å². The van der Waals surface area contributed by atoms with Crippen LogP contribution in [0.5, 0.6) is 0 Å². The molecule has 16 heavy (non-hydrogen) atoms. The fourth-order valence-corrected chi connectivity index (χ4v) is 5.65. The summed E-state index contributed by atoms with van der Waals surface area (Å²) >= 11 is 0. The van der Waals surface area contributed by atoms with E-state index in [2.05, 4.69) is 39.8 Å². The van der Waals surface area contributed by atoms with Crippen LogP contribution in [-0.4, -0.2) is 0 Å². The van der Waals surface area contributed by atoms with Gasteiger partial charge in [0.25, 0.3) is 0 Å². The maximum absolute atomic E-state index is 2.52. The smallest absolute Gasteiger partial charge is 0.0150 e. The lowest BCUT2D eigenvalue weighted by Crippen LogP contribution is -2.35. The Labute approximate surface area is 101 Å². The van der Waals surface area contributed by atoms with Crippen LogP contribution in [0.3, 0.4) is 0 Å². The van der Waals surface area contributed by atoms with Crippen molar-refractivity contribution in [2.24, 2.45) is 28.1 Å². The van der Waals surface area contributed by atoms with Gasteiger partial charge in [0.1, 0.15) is 0 Å². The van der Waals surface area contributed by atoms with Gasteiger partial charge in [-0.2, -0.15) is 0 Å². The van der Waals surface area contributed by atoms with Gasteiger partial charge in [-0.1, -0.05) is 46.3 Å². The molecule has 0 nitrogen and oxygen atoms in total. The fraction of sp³-hybridized carbons (Fsp3) is 0.875. The minimum absolute atomic E-state index is 0.564. The number of hydrogen-bond donors (Lipinski definition) is 0. The summed E-state index contributed by atoms with van der Waals surface area (Å²) in [7, 11) is 0. The Morgan fingerprint density at radius 3 is 2.19 bits per heavy atom. The lowest BCUT2D eigenvalue weighted by atomic mass is 9.61. The number of hydrogen-bond acceptors (Lipinski definition) is 0. The Kier molecular flexibility index (Phi) is 2.00. The first-order chi connectivity index (χ1) is 7.45. The van der Waals surface area contributed by atoms with Crippen LogP contribution >= 0.6 is 0 Å². The third-order valence-corrected chi connectivity index (χ3v) is 7.07. The molecule has 2 saturated carbocycles. The van der Waals surface area contributed by atoms with E-state index in [0.29, 0.717) is 16.2 Å². The standard InChI is InChI=1S/C16H26/c1-14(2)15(3,4)16(14)11-7-9-12-8-5-6-10-13(12)16/h5-6,12-13H,7-11H2,1-4H3. The van der Waals surface area contributed by atoms with Gasteiger partial charge in [0, 0.05) is 0 Å². The molecule has 0 aliphatic heterocycles. The molecular weight excluding hydrogens is 192 g/mol. The Morgan fingerprint density at radius 1 is 0.938 bits per heavy atom. The maximum atomic E-state index is 2.52. The average molecular weight is 218 g/mol. The normalized spacial score (nSPS) is 41.8. The molecule has 0 amide bonds. The topological polar surface area (TPSA) is 0 Å². The van der Waals surface area contributed by atoms with E-state index in [1.165, 1.54) is 32.1 Å². The predicted molar refractivity (Wildman–Crippen MR) is 69.2 cm³/mol. The van der Waals surface area contributed by atoms with Crippen molar-refractivity contribution in [2.45, 2.75) is 59.8 Å². The van der Waals surface area contributed by atoms with Crippen molar-refractivity contribution in [3.8, 4) is 0 Å². The van der Waals surface area contributed by atoms with Gasteiger partial charge in [0.05, 0.1) is 0 Å². The molecule has 0 heteroatoms. The van der Waals surface area contributed by atoms with Crippen LogP contribution in [0.2, 0.25) is 0 Å². The first-order valence-electron chi connectivity index (χ1n) is 7.10. The van der Waals surface area contributed by atoms with Crippen LogP contribution in [0.15, 0.2) is 12.2 Å². The molecule has 2 atom stereocenters. The van der Waals surface area contributed by atoms with E-state index in [-0.39, 0.29) is 0 Å². The molecule has 0 aromatic heterocycles. The van der Waals surface area contributed by atoms with Gasteiger partial charge < -0.3 is 0 Å². The molecule has 3 aliphatic carbocycles. The SMILES string of the molecule is CC1(C)C(C)(C)C12CCCC1CC=CCC12. The van der Waals surface area contributed by atoms with Gasteiger partial charge in [-0.25, -0.2) is 0 Å². The van der Waals surface area contributed by atoms with Crippen molar-refractivity contribution >= 4 is 0 Å². The van der Waals surface area contributed by atoms with E-state index < -0.39 is 0 Å². The average Bonchev–Trinajstić information content (AvgIpc) is 2.59. The van der Waals surface area contributed by atoms with E-state index >= 15 is 0 Å². The Hall–Kier alpha value is -0.260. The second-order valence-corrected chi connectivity index (χ2v) is 7.42. The zero-order chi connectivity index (χ0) is 11.6. The van der Waals surface area contributed by atoms with Gasteiger partial charge in [-0.15, -0.1) is 0 Å². The summed E-state index contributed by atoms with van der Waals surface area (Å²) in [6.45, 7) is 10.1. The van der Waals surface area contributed by atoms with Gasteiger partial charge in [-0.05, 0) is 53.8 Å². The van der Waals surface area contributed by atoms with Crippen LogP contribution in [0.1, 0.15) is 59.8 Å². The molecule has 3 rings (SSSR count). The van der Waals surface area contributed by atoms with Crippen LogP contribution in [0.4, 0.5) is 0 Å². The molecule has 0 saturated heterocycles. The summed E-state index contributed by atoms with van der Waals surface area (Å²) in [5.41, 5.74) is 1.79. The summed E-state index contributed by atoms with van der Waals surface area (Å²) in [6.07, 6.45) is 12.1. The number of fused-ring (bicyclic) bond motifs is 2. The monoisotopic (exact) mass is 218 g/mol. The second-order valence-electron chi connectivity index (χ2n) is 7.42. The van der Waals surface area contributed by atoms with Crippen LogP contribution in [0, 0.1) is 28.1 Å². The van der Waals surface area contributed by atoms with E-state index in [1.807, 2.05) is 0 Å². The highest BCUT2D eigenvalue weighted by Crippen LogP contribution is 2.85. The van der Waals surface area contributed by atoms with Gasteiger partial charge in [0.2, 0.25) is 0 Å². The molecule has 2 fully saturated rings. The Bertz CT molecular complexity index is 318. The Morgan fingerprint density at radius 2 is 1.56 bits per heavy atom. The van der Waals surface area contributed by atoms with Crippen molar-refractivity contribution in [1.29, 1.82) is 0 Å². The van der Waals surface area contributed by atoms with E-state index in [4.69, 9.17) is 0 Å². The fourth-order valence-electron chi connectivity index (χ4n) is 5.65. The molecule has 3 aliphatic rings. The van der Waals surface area contributed by atoms with Crippen molar-refractivity contribution in [3.63, 3.8) is 0 Å². The van der Waals surface area contributed by atoms with Crippen molar-refractivity contribution < 1.29 is 0 Å². The molecule has 0 N–H and O–H groups in total. The first-order valence-corrected chi connectivity index (χ1v) is 7.10. The molecule has 0 heterocycles. The molecule has 0 aromatic carbocycles. The lowest BCUT2D eigenvalue weighted by Gasteiger charge is -2.43. The predicted octanol–water partition coefficient (Wildman–Crippen LogP) is 4.81. The Balaban J connectivity index is 2.00. The number of allylic oxidation sites excluding steroid dienone is 2. The van der Waals surface area contributed by atoms with Crippen molar-refractivity contribution in [3.05, 3.63) is 12.2 Å². The third kappa shape index (κ3) is 0.939. The van der Waals surface area contributed by atoms with Gasteiger partial charge in [-0.3, -0.25) is 0 Å². The summed E-state index contributed by atoms with van der Waals surface area (Å²) in [6, 6.07) is 0. The van der Waals surface area contributed by atoms with E-state index in [9.17, 15) is 0 Å². The largest absolute Gasteiger partial charge is 0.0882 e. The lowest BCUT2D eigenvalue weighted by molar-refractivity contribution is 0.0811. The van der Waals surface area contributed by atoms with Crippen LogP contribution < -0.4 is 0 Å². The highest BCUT2D eigenvalue weighted by molar-refractivity contribution is 5.28. The quantitative estimate of drug-likeness (QED) is 0.512. The van der Waals surface area contributed by atoms with Crippen LogP contribution in [0.25, 0.3) is 0 Å². The molecule has 90 valence electrons. The molecule has 0 radical (unpaired) electrons. The summed E-state index contributed by atoms with van der Waals surface area (Å²) in [5.74, 6) is 1.98. The zero-order valence-electron chi connectivity index (χ0n) is 11.3. The zero-order valence-corrected chi connectivity index (χ0v) is 11.3. The molecule has 0 bridgehead atoms. The summed E-state index contributed by atoms with van der Waals surface area (Å²) < 4.78 is 0. The van der Waals surface area contributed by atoms with E-state index in [0.717, 1.165) is 11.8 Å². The molecule has 1 spiro atoms. The molecule has 0 aromatic rings. The maximum Gasteiger partial charge on any atom is -0.0150 e. The summed E-state index contributed by atoms with van der Waals surface area (Å²) in [5, 5.41) is 0. The third-order valence-electron chi connectivity index (χ3n) is 7.07. The second kappa shape index (κ2) is 2.94. The minimum atomic E-state index is 0.564. The van der Waals surface area contributed by atoms with Crippen LogP contribution in [-0.2, 0) is 0 Å². The molecular formula is C16H26. The number of rotatable bonds is 0. The highest BCUT2D eigenvalue weighted by atomic mass is 14.8. The van der Waals surface area contributed by atoms with Crippen molar-refractivity contribution in [1.82, 2.24) is 0 Å². The van der Waals surface area contributed by atoms with E-state index in [1.54, 1.807) is 0 Å². The minimum Gasteiger partial charge on any atom is -0.0882 e. The highest BCUT2D eigenvalue weighted by Gasteiger charge is 2.79. The van der Waals surface area contributed by atoms with Crippen molar-refractivity contribution in [2.75, 3.05) is 0 Å². The molecule has 2 unspecified atom stereocenters. The first kappa shape index (κ1) is 10.9. The summed E-state index contributed by atoms with van der Waals surface area (Å²) in [4.78, 5) is 0.